The van der Waals surface area contributed by atoms with Crippen molar-refractivity contribution < 1.29 is 14.3 Å². The third-order valence-electron chi connectivity index (χ3n) is 3.48. The predicted octanol–water partition coefficient (Wildman–Crippen LogP) is 2.27. The Morgan fingerprint density at radius 1 is 1.24 bits per heavy atom. The van der Waals surface area contributed by atoms with E-state index in [0.717, 1.165) is 0 Å². The first-order valence-electron chi connectivity index (χ1n) is 7.21. The Morgan fingerprint density at radius 2 is 1.90 bits per heavy atom. The van der Waals surface area contributed by atoms with E-state index in [0.29, 0.717) is 30.5 Å². The summed E-state index contributed by atoms with van der Waals surface area (Å²) in [6.45, 7) is 6.98. The number of pyridine rings is 1. The lowest BCUT2D eigenvalue weighted by Crippen LogP contribution is -2.36. The molecule has 0 bridgehead atoms. The van der Waals surface area contributed by atoms with E-state index >= 15 is 0 Å². The van der Waals surface area contributed by atoms with Crippen molar-refractivity contribution in [2.75, 3.05) is 0 Å². The van der Waals surface area contributed by atoms with Crippen LogP contribution in [0, 0.1) is 0 Å². The molecule has 1 aromatic heterocycles. The zero-order chi connectivity index (χ0) is 15.8. The predicted molar refractivity (Wildman–Crippen MR) is 78.5 cm³/mol. The van der Waals surface area contributed by atoms with Gasteiger partial charge in [0.2, 0.25) is 0 Å². The lowest BCUT2D eigenvalue weighted by atomic mass is 9.94. The minimum Gasteiger partial charge on any atom is -0.458 e. The Morgan fingerprint density at radius 3 is 2.52 bits per heavy atom. The molecule has 0 N–H and O–H groups in total. The van der Waals surface area contributed by atoms with Crippen molar-refractivity contribution in [2.45, 2.75) is 58.6 Å². The van der Waals surface area contributed by atoms with Crippen LogP contribution in [0.25, 0.3) is 0 Å². The summed E-state index contributed by atoms with van der Waals surface area (Å²) >= 11 is 0. The Balaban J connectivity index is 2.44. The van der Waals surface area contributed by atoms with Crippen LogP contribution in [-0.2, 0) is 16.0 Å². The minimum atomic E-state index is -0.738. The van der Waals surface area contributed by atoms with Crippen molar-refractivity contribution in [3.05, 3.63) is 33.7 Å². The van der Waals surface area contributed by atoms with Gasteiger partial charge in [-0.3, -0.25) is 14.2 Å². The van der Waals surface area contributed by atoms with Crippen LogP contribution < -0.4 is 5.56 Å². The summed E-state index contributed by atoms with van der Waals surface area (Å²) in [7, 11) is 0. The third kappa shape index (κ3) is 3.23. The van der Waals surface area contributed by atoms with Gasteiger partial charge in [0.05, 0.1) is 0 Å². The number of Topliss-reactive ketones (excluding diaryl/α,β-unsaturated/α-hetero) is 1. The second kappa shape index (κ2) is 5.47. The monoisotopic (exact) mass is 291 g/mol. The first kappa shape index (κ1) is 15.5. The third-order valence-corrected chi connectivity index (χ3v) is 3.48. The number of nitrogens with zero attached hydrogens (tertiary/aromatic N) is 1. The molecule has 2 rings (SSSR count). The quantitative estimate of drug-likeness (QED) is 0.784. The zero-order valence-electron chi connectivity index (χ0n) is 12.9. The van der Waals surface area contributed by atoms with E-state index in [1.807, 2.05) is 0 Å². The van der Waals surface area contributed by atoms with E-state index in [1.165, 1.54) is 10.6 Å². The van der Waals surface area contributed by atoms with Crippen molar-refractivity contribution in [2.24, 2.45) is 0 Å². The Hall–Kier alpha value is -1.91. The average molecular weight is 291 g/mol. The fraction of sp³-hybridized carbons (Fsp3) is 0.562. The highest BCUT2D eigenvalue weighted by atomic mass is 16.6. The SMILES string of the molecule is CC(C(=O)OC(C)(C)C)n1c2c(ccc1=O)C(=O)CCC2. The van der Waals surface area contributed by atoms with Gasteiger partial charge in [0.25, 0.3) is 5.56 Å². The molecular formula is C16H21NO4. The second-order valence-electron chi connectivity index (χ2n) is 6.39. The zero-order valence-corrected chi connectivity index (χ0v) is 12.9. The van der Waals surface area contributed by atoms with E-state index in [9.17, 15) is 14.4 Å². The summed E-state index contributed by atoms with van der Waals surface area (Å²) in [5, 5.41) is 0. The normalized spacial score (nSPS) is 16.3. The highest BCUT2D eigenvalue weighted by molar-refractivity contribution is 5.98. The van der Waals surface area contributed by atoms with Gasteiger partial charge in [-0.25, -0.2) is 4.79 Å². The standard InChI is InChI=1S/C16H21NO4/c1-10(15(20)21-16(2,3)4)17-12-6-5-7-13(18)11(12)8-9-14(17)19/h8-10H,5-7H2,1-4H3. The molecule has 1 atom stereocenters. The number of rotatable bonds is 2. The number of hydrogen-bond acceptors (Lipinski definition) is 4. The summed E-state index contributed by atoms with van der Waals surface area (Å²) in [5.74, 6) is -0.433. The number of fused-ring (bicyclic) bond motifs is 1. The number of esters is 1. The van der Waals surface area contributed by atoms with Gasteiger partial charge in [0.15, 0.2) is 5.78 Å². The van der Waals surface area contributed by atoms with Crippen LogP contribution in [0.4, 0.5) is 0 Å². The van der Waals surface area contributed by atoms with Gasteiger partial charge in [0.1, 0.15) is 11.6 Å². The van der Waals surface area contributed by atoms with Crippen LogP contribution in [0.15, 0.2) is 16.9 Å². The molecule has 0 saturated heterocycles. The lowest BCUT2D eigenvalue weighted by molar-refractivity contribution is -0.158. The number of ether oxygens (including phenoxy) is 1. The molecule has 0 aliphatic heterocycles. The Kier molecular flexibility index (Phi) is 4.03. The average Bonchev–Trinajstić information content (AvgIpc) is 2.36. The lowest BCUT2D eigenvalue weighted by Gasteiger charge is -2.26. The van der Waals surface area contributed by atoms with E-state index in [4.69, 9.17) is 4.74 Å². The van der Waals surface area contributed by atoms with Crippen molar-refractivity contribution in [1.82, 2.24) is 4.57 Å². The van der Waals surface area contributed by atoms with Crippen molar-refractivity contribution in [3.8, 4) is 0 Å². The molecule has 1 aromatic rings. The van der Waals surface area contributed by atoms with E-state index in [2.05, 4.69) is 0 Å². The van der Waals surface area contributed by atoms with Crippen molar-refractivity contribution >= 4 is 11.8 Å². The van der Waals surface area contributed by atoms with Crippen LogP contribution in [-0.4, -0.2) is 21.9 Å². The maximum Gasteiger partial charge on any atom is 0.329 e. The molecule has 0 radical (unpaired) electrons. The van der Waals surface area contributed by atoms with Crippen molar-refractivity contribution in [1.29, 1.82) is 0 Å². The van der Waals surface area contributed by atoms with Gasteiger partial charge in [-0.2, -0.15) is 0 Å². The van der Waals surface area contributed by atoms with Gasteiger partial charge in [0, 0.05) is 23.7 Å². The summed E-state index contributed by atoms with van der Waals surface area (Å²) in [6, 6.07) is 2.18. The highest BCUT2D eigenvalue weighted by Crippen LogP contribution is 2.23. The second-order valence-corrected chi connectivity index (χ2v) is 6.39. The molecule has 5 nitrogen and oxygen atoms in total. The van der Waals surface area contributed by atoms with Crippen LogP contribution in [0.3, 0.4) is 0 Å². The molecule has 0 aromatic carbocycles. The topological polar surface area (TPSA) is 65.4 Å². The molecule has 0 fully saturated rings. The molecule has 1 unspecified atom stereocenters. The number of ketones is 1. The van der Waals surface area contributed by atoms with Crippen LogP contribution in [0.2, 0.25) is 0 Å². The Bertz CT molecular complexity index is 637. The largest absolute Gasteiger partial charge is 0.458 e. The number of carbonyl (C=O) groups excluding carboxylic acids is 2. The maximum atomic E-state index is 12.2. The van der Waals surface area contributed by atoms with Crippen LogP contribution in [0.5, 0.6) is 0 Å². The molecule has 21 heavy (non-hydrogen) atoms. The molecule has 114 valence electrons. The van der Waals surface area contributed by atoms with E-state index in [1.54, 1.807) is 33.8 Å². The smallest absolute Gasteiger partial charge is 0.329 e. The van der Waals surface area contributed by atoms with Gasteiger partial charge in [-0.15, -0.1) is 0 Å². The number of aromatic nitrogens is 1. The summed E-state index contributed by atoms with van der Waals surface area (Å²) < 4.78 is 6.75. The Labute approximate surface area is 123 Å². The summed E-state index contributed by atoms with van der Waals surface area (Å²) in [5.41, 5.74) is 0.315. The number of hydrogen-bond donors (Lipinski definition) is 0. The molecule has 0 spiro atoms. The van der Waals surface area contributed by atoms with Gasteiger partial charge in [-0.05, 0) is 46.6 Å². The highest BCUT2D eigenvalue weighted by Gasteiger charge is 2.28. The summed E-state index contributed by atoms with van der Waals surface area (Å²) in [4.78, 5) is 36.3. The van der Waals surface area contributed by atoms with Gasteiger partial charge in [-0.1, -0.05) is 0 Å². The molecule has 0 saturated carbocycles. The van der Waals surface area contributed by atoms with Crippen molar-refractivity contribution in [3.63, 3.8) is 0 Å². The maximum absolute atomic E-state index is 12.2. The number of carbonyl (C=O) groups is 2. The fourth-order valence-electron chi connectivity index (χ4n) is 2.57. The molecule has 1 heterocycles. The molecule has 0 amide bonds. The molecule has 5 heteroatoms. The molecular weight excluding hydrogens is 270 g/mol. The molecule has 1 aliphatic carbocycles. The molecule has 1 aliphatic rings. The summed E-state index contributed by atoms with van der Waals surface area (Å²) in [6.07, 6.45) is 1.83. The van der Waals surface area contributed by atoms with E-state index < -0.39 is 17.6 Å². The van der Waals surface area contributed by atoms with Crippen LogP contribution >= 0.6 is 0 Å². The van der Waals surface area contributed by atoms with Crippen LogP contribution in [0.1, 0.15) is 62.6 Å². The minimum absolute atomic E-state index is 0.0291. The van der Waals surface area contributed by atoms with Gasteiger partial charge >= 0.3 is 5.97 Å². The van der Waals surface area contributed by atoms with Gasteiger partial charge < -0.3 is 4.74 Å². The van der Waals surface area contributed by atoms with E-state index in [-0.39, 0.29) is 11.3 Å². The fourth-order valence-corrected chi connectivity index (χ4v) is 2.57. The first-order chi connectivity index (χ1) is 9.70. The first-order valence-corrected chi connectivity index (χ1v) is 7.21.